The number of carbonyl (C=O) groups excluding carboxylic acids is 2. The van der Waals surface area contributed by atoms with E-state index in [-0.39, 0.29) is 18.4 Å². The Bertz CT molecular complexity index is 1190. The molecule has 2 N–H and O–H groups in total. The lowest BCUT2D eigenvalue weighted by Gasteiger charge is -2.12. The van der Waals surface area contributed by atoms with Crippen LogP contribution >= 0.6 is 0 Å². The number of rotatable bonds is 9. The molecular formula is C25H23N3O5. The van der Waals surface area contributed by atoms with Gasteiger partial charge in [-0.3, -0.25) is 9.59 Å². The molecule has 3 rings (SSSR count). The maximum absolute atomic E-state index is 12.7. The molecule has 2 amide bonds. The fraction of sp³-hybridized carbons (Fsp3) is 0.160. The van der Waals surface area contributed by atoms with Crippen LogP contribution in [-0.4, -0.2) is 32.6 Å². The van der Waals surface area contributed by atoms with Gasteiger partial charge >= 0.3 is 0 Å². The van der Waals surface area contributed by atoms with Crippen LogP contribution in [0.25, 0.3) is 0 Å². The standard InChI is InChI=1S/C25H23N3O5/c1-27-24(29)16-33-22-10-9-19(12-23(22)31-2)25(30)28-20-7-4-8-21(13-20)32-15-18-6-3-5-17(11-18)14-26/h3-13H,15-16H2,1-2H3,(H,27,29)(H,28,30). The minimum atomic E-state index is -0.343. The van der Waals surface area contributed by atoms with Crippen LogP contribution < -0.4 is 24.8 Å². The van der Waals surface area contributed by atoms with Crippen molar-refractivity contribution in [3.63, 3.8) is 0 Å². The summed E-state index contributed by atoms with van der Waals surface area (Å²) in [5.41, 5.74) is 2.35. The number of nitrogens with one attached hydrogen (secondary N) is 2. The molecule has 0 radical (unpaired) electrons. The number of methoxy groups -OCH3 is 1. The molecule has 0 aliphatic heterocycles. The molecule has 0 fully saturated rings. The molecule has 0 aliphatic rings. The third-order valence-electron chi connectivity index (χ3n) is 4.62. The molecule has 0 heterocycles. The summed E-state index contributed by atoms with van der Waals surface area (Å²) in [4.78, 5) is 24.1. The highest BCUT2D eigenvalue weighted by Gasteiger charge is 2.13. The monoisotopic (exact) mass is 445 g/mol. The predicted molar refractivity (Wildman–Crippen MR) is 122 cm³/mol. The Hall–Kier alpha value is -4.51. The van der Waals surface area contributed by atoms with Crippen LogP contribution in [0.5, 0.6) is 17.2 Å². The van der Waals surface area contributed by atoms with E-state index in [1.54, 1.807) is 54.6 Å². The van der Waals surface area contributed by atoms with E-state index in [0.717, 1.165) is 5.56 Å². The highest BCUT2D eigenvalue weighted by molar-refractivity contribution is 6.04. The second-order valence-corrected chi connectivity index (χ2v) is 6.91. The van der Waals surface area contributed by atoms with Gasteiger partial charge < -0.3 is 24.8 Å². The van der Waals surface area contributed by atoms with Gasteiger partial charge in [0.2, 0.25) is 0 Å². The lowest BCUT2D eigenvalue weighted by molar-refractivity contribution is -0.122. The number of amides is 2. The van der Waals surface area contributed by atoms with Gasteiger partial charge in [0.15, 0.2) is 18.1 Å². The van der Waals surface area contributed by atoms with Crippen molar-refractivity contribution in [3.05, 3.63) is 83.4 Å². The van der Waals surface area contributed by atoms with E-state index in [1.165, 1.54) is 20.2 Å². The van der Waals surface area contributed by atoms with E-state index in [9.17, 15) is 9.59 Å². The lowest BCUT2D eigenvalue weighted by atomic mass is 10.1. The molecule has 3 aromatic rings. The van der Waals surface area contributed by atoms with E-state index in [0.29, 0.717) is 40.7 Å². The van der Waals surface area contributed by atoms with Crippen LogP contribution in [0.2, 0.25) is 0 Å². The van der Waals surface area contributed by atoms with Crippen LogP contribution in [0.4, 0.5) is 5.69 Å². The number of hydrogen-bond donors (Lipinski definition) is 2. The largest absolute Gasteiger partial charge is 0.493 e. The summed E-state index contributed by atoms with van der Waals surface area (Å²) in [6, 6.07) is 21.0. The van der Waals surface area contributed by atoms with Gasteiger partial charge in [0.1, 0.15) is 12.4 Å². The summed E-state index contributed by atoms with van der Waals surface area (Å²) in [5.74, 6) is 0.645. The van der Waals surface area contributed by atoms with Crippen molar-refractivity contribution < 1.29 is 23.8 Å². The fourth-order valence-electron chi connectivity index (χ4n) is 2.91. The average molecular weight is 445 g/mol. The number of likely N-dealkylation sites (N-methyl/N-ethyl adjacent to an activating group) is 1. The molecule has 0 unspecified atom stereocenters. The minimum absolute atomic E-state index is 0.161. The first-order valence-corrected chi connectivity index (χ1v) is 10.1. The maximum Gasteiger partial charge on any atom is 0.257 e. The first kappa shape index (κ1) is 23.2. The van der Waals surface area contributed by atoms with Crippen LogP contribution in [0, 0.1) is 11.3 Å². The second kappa shape index (κ2) is 11.2. The Balaban J connectivity index is 1.65. The van der Waals surface area contributed by atoms with Crippen molar-refractivity contribution >= 4 is 17.5 Å². The molecule has 168 valence electrons. The molecule has 0 spiro atoms. The zero-order chi connectivity index (χ0) is 23.6. The number of ether oxygens (including phenoxy) is 3. The Morgan fingerprint density at radius 3 is 2.55 bits per heavy atom. The smallest absolute Gasteiger partial charge is 0.257 e. The van der Waals surface area contributed by atoms with Gasteiger partial charge in [0.25, 0.3) is 11.8 Å². The van der Waals surface area contributed by atoms with Gasteiger partial charge in [-0.25, -0.2) is 0 Å². The van der Waals surface area contributed by atoms with Gasteiger partial charge in [0, 0.05) is 24.4 Å². The first-order chi connectivity index (χ1) is 16.0. The first-order valence-electron chi connectivity index (χ1n) is 10.1. The fourth-order valence-corrected chi connectivity index (χ4v) is 2.91. The van der Waals surface area contributed by atoms with Gasteiger partial charge in [-0.1, -0.05) is 18.2 Å². The number of carbonyl (C=O) groups is 2. The Morgan fingerprint density at radius 2 is 1.79 bits per heavy atom. The third kappa shape index (κ3) is 6.48. The van der Waals surface area contributed by atoms with Crippen LogP contribution in [0.3, 0.4) is 0 Å². The van der Waals surface area contributed by atoms with Crippen molar-refractivity contribution in [1.82, 2.24) is 5.32 Å². The highest BCUT2D eigenvalue weighted by Crippen LogP contribution is 2.28. The van der Waals surface area contributed by atoms with E-state index in [1.807, 2.05) is 6.07 Å². The van der Waals surface area contributed by atoms with Gasteiger partial charge in [-0.2, -0.15) is 5.26 Å². The molecule has 3 aromatic carbocycles. The Kier molecular flexibility index (Phi) is 7.86. The predicted octanol–water partition coefficient (Wildman–Crippen LogP) is 3.52. The molecule has 8 nitrogen and oxygen atoms in total. The van der Waals surface area contributed by atoms with Gasteiger partial charge in [-0.15, -0.1) is 0 Å². The number of benzene rings is 3. The van der Waals surface area contributed by atoms with Crippen molar-refractivity contribution in [1.29, 1.82) is 5.26 Å². The van der Waals surface area contributed by atoms with Crippen LogP contribution in [-0.2, 0) is 11.4 Å². The highest BCUT2D eigenvalue weighted by atomic mass is 16.5. The zero-order valence-electron chi connectivity index (χ0n) is 18.3. The van der Waals surface area contributed by atoms with Crippen molar-refractivity contribution in [3.8, 4) is 23.3 Å². The van der Waals surface area contributed by atoms with E-state index in [2.05, 4.69) is 16.7 Å². The topological polar surface area (TPSA) is 110 Å². The Morgan fingerprint density at radius 1 is 0.970 bits per heavy atom. The molecule has 0 saturated heterocycles. The molecular weight excluding hydrogens is 422 g/mol. The summed E-state index contributed by atoms with van der Waals surface area (Å²) in [6.07, 6.45) is 0. The molecule has 0 saturated carbocycles. The summed E-state index contributed by atoms with van der Waals surface area (Å²) in [5, 5.41) is 14.3. The number of nitrogens with zero attached hydrogens (tertiary/aromatic N) is 1. The molecule has 0 bridgehead atoms. The van der Waals surface area contributed by atoms with Crippen molar-refractivity contribution in [2.24, 2.45) is 0 Å². The molecule has 0 aromatic heterocycles. The molecule has 0 aliphatic carbocycles. The SMILES string of the molecule is CNC(=O)COc1ccc(C(=O)Nc2cccc(OCc3cccc(C#N)c3)c2)cc1OC. The third-order valence-corrected chi connectivity index (χ3v) is 4.62. The Labute approximate surface area is 191 Å². The summed E-state index contributed by atoms with van der Waals surface area (Å²) < 4.78 is 16.5. The van der Waals surface area contributed by atoms with Crippen molar-refractivity contribution in [2.75, 3.05) is 26.1 Å². The number of anilines is 1. The maximum atomic E-state index is 12.7. The number of nitriles is 1. The van der Waals surface area contributed by atoms with E-state index in [4.69, 9.17) is 19.5 Å². The molecule has 33 heavy (non-hydrogen) atoms. The average Bonchev–Trinajstić information content (AvgIpc) is 2.86. The summed E-state index contributed by atoms with van der Waals surface area (Å²) in [7, 11) is 2.97. The quantitative estimate of drug-likeness (QED) is 0.522. The molecule has 8 heteroatoms. The minimum Gasteiger partial charge on any atom is -0.493 e. The second-order valence-electron chi connectivity index (χ2n) is 6.91. The normalized spacial score (nSPS) is 9.97. The lowest BCUT2D eigenvalue weighted by Crippen LogP contribution is -2.25. The molecule has 0 atom stereocenters. The summed E-state index contributed by atoms with van der Waals surface area (Å²) in [6.45, 7) is 0.133. The number of hydrogen-bond acceptors (Lipinski definition) is 6. The van der Waals surface area contributed by atoms with E-state index >= 15 is 0 Å². The van der Waals surface area contributed by atoms with Crippen LogP contribution in [0.1, 0.15) is 21.5 Å². The van der Waals surface area contributed by atoms with Gasteiger partial charge in [-0.05, 0) is 48.0 Å². The van der Waals surface area contributed by atoms with Crippen LogP contribution in [0.15, 0.2) is 66.7 Å². The zero-order valence-corrected chi connectivity index (χ0v) is 18.3. The van der Waals surface area contributed by atoms with Crippen molar-refractivity contribution in [2.45, 2.75) is 6.61 Å². The van der Waals surface area contributed by atoms with E-state index < -0.39 is 0 Å². The van der Waals surface area contributed by atoms with Gasteiger partial charge in [0.05, 0.1) is 18.7 Å². The summed E-state index contributed by atoms with van der Waals surface area (Å²) >= 11 is 0.